The Hall–Kier alpha value is -1.52. The number of hydrogen-bond donors (Lipinski definition) is 1. The Morgan fingerprint density at radius 1 is 1.22 bits per heavy atom. The number of ether oxygens (including phenoxy) is 2. The number of methoxy groups -OCH3 is 1. The molecule has 0 saturated carbocycles. The van der Waals surface area contributed by atoms with Crippen molar-refractivity contribution in [3.63, 3.8) is 0 Å². The summed E-state index contributed by atoms with van der Waals surface area (Å²) >= 11 is 2.88. The standard InChI is InChI=1S/C13H14F3N3O2S2/c1-20-7-6-17-11-18-19-12(23-11)22-8-9-2-4-10(5-3-9)21-13(14,15)16/h2-5H,6-8H2,1H3,(H,17,18). The zero-order chi connectivity index (χ0) is 16.7. The van der Waals surface area contributed by atoms with Crippen LogP contribution in [0.15, 0.2) is 28.6 Å². The number of alkyl halides is 3. The number of anilines is 1. The number of hydrogen-bond acceptors (Lipinski definition) is 7. The minimum Gasteiger partial charge on any atom is -0.406 e. The molecule has 1 aromatic heterocycles. The van der Waals surface area contributed by atoms with E-state index in [1.54, 1.807) is 19.2 Å². The molecule has 0 aliphatic heterocycles. The maximum Gasteiger partial charge on any atom is 0.573 e. The molecule has 1 heterocycles. The summed E-state index contributed by atoms with van der Waals surface area (Å²) < 4.78 is 45.7. The highest BCUT2D eigenvalue weighted by Crippen LogP contribution is 2.29. The molecule has 0 atom stereocenters. The Bertz CT molecular complexity index is 605. The summed E-state index contributed by atoms with van der Waals surface area (Å²) in [5, 5.41) is 11.8. The number of halogens is 3. The fourth-order valence-corrected chi connectivity index (χ4v) is 3.27. The van der Waals surface area contributed by atoms with E-state index < -0.39 is 6.36 Å². The van der Waals surface area contributed by atoms with Gasteiger partial charge in [0.05, 0.1) is 6.61 Å². The summed E-state index contributed by atoms with van der Waals surface area (Å²) in [6.45, 7) is 1.23. The van der Waals surface area contributed by atoms with Crippen molar-refractivity contribution < 1.29 is 22.6 Å². The number of benzene rings is 1. The molecule has 1 N–H and O–H groups in total. The summed E-state index contributed by atoms with van der Waals surface area (Å²) in [5.74, 6) is 0.353. The Morgan fingerprint density at radius 2 is 1.96 bits per heavy atom. The summed E-state index contributed by atoms with van der Waals surface area (Å²) in [4.78, 5) is 0. The Morgan fingerprint density at radius 3 is 2.61 bits per heavy atom. The fraction of sp³-hybridized carbons (Fsp3) is 0.385. The molecule has 126 valence electrons. The lowest BCUT2D eigenvalue weighted by Crippen LogP contribution is -2.16. The third kappa shape index (κ3) is 6.63. The molecular formula is C13H14F3N3O2S2. The Kier molecular flexibility index (Phi) is 6.48. The van der Waals surface area contributed by atoms with Crippen LogP contribution in [0.4, 0.5) is 18.3 Å². The second-order valence-electron chi connectivity index (χ2n) is 4.27. The molecule has 2 aromatic rings. The average molecular weight is 365 g/mol. The van der Waals surface area contributed by atoms with Gasteiger partial charge in [-0.25, -0.2) is 0 Å². The summed E-state index contributed by atoms with van der Waals surface area (Å²) in [6, 6.07) is 5.77. The third-order valence-corrected chi connectivity index (χ3v) is 4.59. The van der Waals surface area contributed by atoms with Crippen LogP contribution < -0.4 is 10.1 Å². The zero-order valence-corrected chi connectivity index (χ0v) is 13.7. The quantitative estimate of drug-likeness (QED) is 0.567. The number of nitrogens with zero attached hydrogens (tertiary/aromatic N) is 2. The van der Waals surface area contributed by atoms with Gasteiger partial charge in [0.15, 0.2) is 4.34 Å². The van der Waals surface area contributed by atoms with Crippen molar-refractivity contribution in [2.45, 2.75) is 16.5 Å². The van der Waals surface area contributed by atoms with Crippen molar-refractivity contribution in [2.24, 2.45) is 0 Å². The first kappa shape index (κ1) is 17.8. The first-order valence-corrected chi connectivity index (χ1v) is 8.30. The first-order valence-electron chi connectivity index (χ1n) is 6.50. The van der Waals surface area contributed by atoms with Crippen LogP contribution in [0.3, 0.4) is 0 Å². The molecule has 0 saturated heterocycles. The topological polar surface area (TPSA) is 56.3 Å². The van der Waals surface area contributed by atoms with Crippen LogP contribution in [0.1, 0.15) is 5.56 Å². The van der Waals surface area contributed by atoms with E-state index in [0.29, 0.717) is 24.0 Å². The van der Waals surface area contributed by atoms with E-state index in [4.69, 9.17) is 4.74 Å². The van der Waals surface area contributed by atoms with Crippen molar-refractivity contribution >= 4 is 28.2 Å². The molecule has 2 rings (SSSR count). The minimum atomic E-state index is -4.67. The maximum absolute atomic E-state index is 12.1. The molecule has 0 unspecified atom stereocenters. The van der Waals surface area contributed by atoms with Gasteiger partial charge in [-0.2, -0.15) is 0 Å². The number of nitrogens with one attached hydrogen (secondary N) is 1. The van der Waals surface area contributed by atoms with E-state index in [2.05, 4.69) is 20.3 Å². The second-order valence-corrected chi connectivity index (χ2v) is 6.47. The smallest absolute Gasteiger partial charge is 0.406 e. The van der Waals surface area contributed by atoms with Gasteiger partial charge in [-0.1, -0.05) is 35.2 Å². The minimum absolute atomic E-state index is 0.230. The van der Waals surface area contributed by atoms with Gasteiger partial charge in [-0.3, -0.25) is 0 Å². The van der Waals surface area contributed by atoms with Crippen LogP contribution >= 0.6 is 23.1 Å². The van der Waals surface area contributed by atoms with E-state index in [0.717, 1.165) is 9.90 Å². The lowest BCUT2D eigenvalue weighted by Gasteiger charge is -2.08. The van der Waals surface area contributed by atoms with E-state index in [-0.39, 0.29) is 5.75 Å². The lowest BCUT2D eigenvalue weighted by molar-refractivity contribution is -0.274. The van der Waals surface area contributed by atoms with Gasteiger partial charge in [-0.05, 0) is 17.7 Å². The largest absolute Gasteiger partial charge is 0.573 e. The van der Waals surface area contributed by atoms with E-state index in [1.807, 2.05) is 0 Å². The van der Waals surface area contributed by atoms with Crippen molar-refractivity contribution in [1.29, 1.82) is 0 Å². The predicted molar refractivity (Wildman–Crippen MR) is 83.0 cm³/mol. The summed E-state index contributed by atoms with van der Waals surface area (Å²) in [5.41, 5.74) is 0.869. The lowest BCUT2D eigenvalue weighted by atomic mass is 10.2. The first-order chi connectivity index (χ1) is 11.0. The highest BCUT2D eigenvalue weighted by Gasteiger charge is 2.30. The highest BCUT2D eigenvalue weighted by molar-refractivity contribution is 8.00. The summed E-state index contributed by atoms with van der Waals surface area (Å²) in [6.07, 6.45) is -4.67. The number of thioether (sulfide) groups is 1. The molecule has 1 aromatic carbocycles. The summed E-state index contributed by atoms with van der Waals surface area (Å²) in [7, 11) is 1.62. The van der Waals surface area contributed by atoms with Gasteiger partial charge in [0.25, 0.3) is 0 Å². The average Bonchev–Trinajstić information content (AvgIpc) is 2.93. The number of rotatable bonds is 8. The van der Waals surface area contributed by atoms with Crippen molar-refractivity contribution in [3.8, 4) is 5.75 Å². The van der Waals surface area contributed by atoms with Crippen LogP contribution in [0.25, 0.3) is 0 Å². The van der Waals surface area contributed by atoms with Gasteiger partial charge in [0, 0.05) is 19.4 Å². The fourth-order valence-electron chi connectivity index (χ4n) is 1.53. The van der Waals surface area contributed by atoms with Crippen LogP contribution in [-0.2, 0) is 10.5 Å². The number of aromatic nitrogens is 2. The molecule has 23 heavy (non-hydrogen) atoms. The van der Waals surface area contributed by atoms with Gasteiger partial charge < -0.3 is 14.8 Å². The van der Waals surface area contributed by atoms with Crippen LogP contribution in [0.5, 0.6) is 5.75 Å². The molecule has 0 bridgehead atoms. The van der Waals surface area contributed by atoms with Gasteiger partial charge >= 0.3 is 6.36 Å². The molecule has 0 radical (unpaired) electrons. The molecule has 0 aliphatic carbocycles. The van der Waals surface area contributed by atoms with E-state index in [1.165, 1.54) is 35.2 Å². The predicted octanol–water partition coefficient (Wildman–Crippen LogP) is 3.79. The SMILES string of the molecule is COCCNc1nnc(SCc2ccc(OC(F)(F)F)cc2)s1. The molecule has 0 aliphatic rings. The molecule has 5 nitrogen and oxygen atoms in total. The molecule has 0 fully saturated rings. The van der Waals surface area contributed by atoms with E-state index >= 15 is 0 Å². The Balaban J connectivity index is 1.81. The normalized spacial score (nSPS) is 11.5. The third-order valence-electron chi connectivity index (χ3n) is 2.51. The van der Waals surface area contributed by atoms with Crippen molar-refractivity contribution in [2.75, 3.05) is 25.6 Å². The highest BCUT2D eigenvalue weighted by atomic mass is 32.2. The van der Waals surface area contributed by atoms with Gasteiger partial charge in [0.2, 0.25) is 5.13 Å². The van der Waals surface area contributed by atoms with Crippen molar-refractivity contribution in [1.82, 2.24) is 10.2 Å². The van der Waals surface area contributed by atoms with Crippen LogP contribution in [0.2, 0.25) is 0 Å². The molecule has 10 heteroatoms. The maximum atomic E-state index is 12.1. The van der Waals surface area contributed by atoms with Crippen LogP contribution in [0, 0.1) is 0 Å². The molecular weight excluding hydrogens is 351 g/mol. The Labute approximate surface area is 139 Å². The monoisotopic (exact) mass is 365 g/mol. The molecule has 0 spiro atoms. The van der Waals surface area contributed by atoms with Crippen LogP contribution in [-0.4, -0.2) is 36.8 Å². The second kappa shape index (κ2) is 8.37. The van der Waals surface area contributed by atoms with E-state index in [9.17, 15) is 13.2 Å². The van der Waals surface area contributed by atoms with Crippen molar-refractivity contribution in [3.05, 3.63) is 29.8 Å². The molecule has 0 amide bonds. The van der Waals surface area contributed by atoms with Gasteiger partial charge in [-0.15, -0.1) is 23.4 Å². The van der Waals surface area contributed by atoms with Gasteiger partial charge in [0.1, 0.15) is 5.75 Å². The zero-order valence-electron chi connectivity index (χ0n) is 12.1.